The van der Waals surface area contributed by atoms with E-state index >= 15 is 0 Å². The normalized spacial score (nSPS) is 13.0. The quantitative estimate of drug-likeness (QED) is 0.475. The van der Waals surface area contributed by atoms with Crippen molar-refractivity contribution in [1.82, 2.24) is 4.90 Å². The monoisotopic (exact) mass is 267 g/mol. The second kappa shape index (κ2) is 6.36. The van der Waals surface area contributed by atoms with Crippen LogP contribution in [0.1, 0.15) is 31.9 Å². The first kappa shape index (κ1) is 14.5. The number of aliphatic imine (C=N–C) groups is 1. The molecule has 3 nitrogen and oxygen atoms in total. The Bertz CT molecular complexity index is 493. The van der Waals surface area contributed by atoms with Gasteiger partial charge >= 0.3 is 0 Å². The molecule has 0 aromatic heterocycles. The summed E-state index contributed by atoms with van der Waals surface area (Å²) in [6, 6.07) is 4.37. The molecule has 1 aromatic rings. The van der Waals surface area contributed by atoms with Crippen molar-refractivity contribution in [3.8, 4) is 6.19 Å². The summed E-state index contributed by atoms with van der Waals surface area (Å²) in [5, 5.41) is 8.97. The Morgan fingerprint density at radius 2 is 2.28 bits per heavy atom. The number of nitriles is 1. The Morgan fingerprint density at radius 1 is 1.61 bits per heavy atom. The van der Waals surface area contributed by atoms with Gasteiger partial charge in [-0.15, -0.1) is 0 Å². The molecule has 0 bridgehead atoms. The van der Waals surface area contributed by atoms with E-state index in [2.05, 4.69) is 4.99 Å². The van der Waals surface area contributed by atoms with E-state index in [4.69, 9.17) is 16.9 Å². The highest BCUT2D eigenvalue weighted by molar-refractivity contribution is 6.30. The fourth-order valence-corrected chi connectivity index (χ4v) is 1.90. The molecule has 0 spiro atoms. The van der Waals surface area contributed by atoms with E-state index in [9.17, 15) is 4.39 Å². The Morgan fingerprint density at radius 3 is 2.78 bits per heavy atom. The molecular formula is C13H15ClFN3. The Kier molecular flexibility index (Phi) is 5.11. The summed E-state index contributed by atoms with van der Waals surface area (Å²) in [4.78, 5) is 5.52. The van der Waals surface area contributed by atoms with E-state index in [0.717, 1.165) is 0 Å². The van der Waals surface area contributed by atoms with Crippen LogP contribution < -0.4 is 0 Å². The van der Waals surface area contributed by atoms with Crippen LogP contribution in [-0.4, -0.2) is 17.8 Å². The van der Waals surface area contributed by atoms with Crippen LogP contribution in [0.25, 0.3) is 0 Å². The second-order valence-electron chi connectivity index (χ2n) is 3.93. The van der Waals surface area contributed by atoms with Crippen molar-refractivity contribution in [2.45, 2.75) is 26.3 Å². The average molecular weight is 268 g/mol. The van der Waals surface area contributed by atoms with Gasteiger partial charge in [0, 0.05) is 24.1 Å². The molecule has 0 saturated carbocycles. The van der Waals surface area contributed by atoms with Crippen molar-refractivity contribution < 1.29 is 4.39 Å². The number of rotatable bonds is 3. The molecule has 0 aliphatic rings. The van der Waals surface area contributed by atoms with Crippen LogP contribution in [0, 0.1) is 17.3 Å². The third-order valence-corrected chi connectivity index (χ3v) is 3.13. The Labute approximate surface area is 112 Å². The lowest BCUT2D eigenvalue weighted by molar-refractivity contribution is 0.383. The summed E-state index contributed by atoms with van der Waals surface area (Å²) in [6.07, 6.45) is 2.38. The Balaban J connectivity index is 3.03. The maximum atomic E-state index is 13.8. The first-order chi connectivity index (χ1) is 8.51. The van der Waals surface area contributed by atoms with Crippen molar-refractivity contribution in [3.05, 3.63) is 34.6 Å². The number of amidine groups is 1. The van der Waals surface area contributed by atoms with Crippen molar-refractivity contribution in [3.63, 3.8) is 0 Å². The maximum Gasteiger partial charge on any atom is 0.207 e. The summed E-state index contributed by atoms with van der Waals surface area (Å²) < 4.78 is 13.8. The molecule has 1 aromatic carbocycles. The van der Waals surface area contributed by atoms with Crippen LogP contribution in [0.4, 0.5) is 4.39 Å². The van der Waals surface area contributed by atoms with Crippen LogP contribution in [0.5, 0.6) is 0 Å². The highest BCUT2D eigenvalue weighted by atomic mass is 35.5. The van der Waals surface area contributed by atoms with Gasteiger partial charge in [-0.2, -0.15) is 10.3 Å². The molecule has 5 heteroatoms. The molecule has 0 aliphatic heterocycles. The van der Waals surface area contributed by atoms with Crippen molar-refractivity contribution in [2.24, 2.45) is 4.99 Å². The molecule has 0 heterocycles. The Hall–Kier alpha value is -1.60. The van der Waals surface area contributed by atoms with Gasteiger partial charge in [-0.05, 0) is 19.1 Å². The third-order valence-electron chi connectivity index (χ3n) is 2.90. The largest absolute Gasteiger partial charge is 0.356 e. The second-order valence-corrected chi connectivity index (χ2v) is 4.37. The SMILES string of the molecule is CC/C(=N\C#N)N(C)[C@H](C)c1ccc(Cl)cc1F. The van der Waals surface area contributed by atoms with Gasteiger partial charge in [-0.3, -0.25) is 0 Å². The molecule has 0 saturated heterocycles. The van der Waals surface area contributed by atoms with Gasteiger partial charge in [0.25, 0.3) is 0 Å². The number of nitrogens with zero attached hydrogens (tertiary/aromatic N) is 3. The molecule has 0 fully saturated rings. The topological polar surface area (TPSA) is 39.4 Å². The molecule has 0 N–H and O–H groups in total. The third kappa shape index (κ3) is 3.21. The minimum absolute atomic E-state index is 0.214. The summed E-state index contributed by atoms with van der Waals surface area (Å²) in [5.74, 6) is 0.272. The van der Waals surface area contributed by atoms with Crippen molar-refractivity contribution >= 4 is 17.4 Å². The van der Waals surface area contributed by atoms with Crippen LogP contribution >= 0.6 is 11.6 Å². The highest BCUT2D eigenvalue weighted by Gasteiger charge is 2.18. The zero-order chi connectivity index (χ0) is 13.7. The summed E-state index contributed by atoms with van der Waals surface area (Å²) in [7, 11) is 1.79. The average Bonchev–Trinajstić information content (AvgIpc) is 2.34. The predicted molar refractivity (Wildman–Crippen MR) is 70.9 cm³/mol. The van der Waals surface area contributed by atoms with Gasteiger partial charge in [0.15, 0.2) is 0 Å². The lowest BCUT2D eigenvalue weighted by Gasteiger charge is -2.27. The van der Waals surface area contributed by atoms with Crippen LogP contribution in [0.2, 0.25) is 5.02 Å². The smallest absolute Gasteiger partial charge is 0.207 e. The molecule has 18 heavy (non-hydrogen) atoms. The summed E-state index contributed by atoms with van der Waals surface area (Å²) in [5.41, 5.74) is 0.529. The van der Waals surface area contributed by atoms with E-state index in [-0.39, 0.29) is 11.9 Å². The molecule has 0 unspecified atom stereocenters. The van der Waals surface area contributed by atoms with Gasteiger partial charge in [-0.25, -0.2) is 4.39 Å². The number of halogens is 2. The van der Waals surface area contributed by atoms with Crippen LogP contribution in [-0.2, 0) is 0 Å². The van der Waals surface area contributed by atoms with E-state index in [1.165, 1.54) is 6.07 Å². The van der Waals surface area contributed by atoms with E-state index in [0.29, 0.717) is 22.8 Å². The zero-order valence-corrected chi connectivity index (χ0v) is 11.4. The van der Waals surface area contributed by atoms with Crippen molar-refractivity contribution in [1.29, 1.82) is 5.26 Å². The molecule has 96 valence electrons. The fourth-order valence-electron chi connectivity index (χ4n) is 1.74. The lowest BCUT2D eigenvalue weighted by Crippen LogP contribution is -2.29. The molecule has 0 amide bonds. The number of benzene rings is 1. The van der Waals surface area contributed by atoms with E-state index in [1.807, 2.05) is 13.8 Å². The highest BCUT2D eigenvalue weighted by Crippen LogP contribution is 2.25. The summed E-state index contributed by atoms with van der Waals surface area (Å²) >= 11 is 5.72. The van der Waals surface area contributed by atoms with E-state index in [1.54, 1.807) is 30.3 Å². The van der Waals surface area contributed by atoms with Gasteiger partial charge in [0.05, 0.1) is 6.04 Å². The number of hydrogen-bond donors (Lipinski definition) is 0. The van der Waals surface area contributed by atoms with Gasteiger partial charge in [0.2, 0.25) is 6.19 Å². The van der Waals surface area contributed by atoms with Gasteiger partial charge in [0.1, 0.15) is 11.7 Å². The van der Waals surface area contributed by atoms with Gasteiger partial charge in [-0.1, -0.05) is 24.6 Å². The lowest BCUT2D eigenvalue weighted by atomic mass is 10.1. The molecular weight excluding hydrogens is 253 g/mol. The zero-order valence-electron chi connectivity index (χ0n) is 10.6. The van der Waals surface area contributed by atoms with Crippen molar-refractivity contribution in [2.75, 3.05) is 7.05 Å². The predicted octanol–water partition coefficient (Wildman–Crippen LogP) is 3.76. The fraction of sp³-hybridized carbons (Fsp3) is 0.385. The first-order valence-corrected chi connectivity index (χ1v) is 6.02. The van der Waals surface area contributed by atoms with E-state index < -0.39 is 0 Å². The minimum atomic E-state index is -0.353. The standard InChI is InChI=1S/C13H15ClFN3/c1-4-13(17-8-16)18(3)9(2)11-6-5-10(14)7-12(11)15/h5-7,9H,4H2,1-3H3/b17-13+/t9-/m1/s1. The molecule has 1 atom stereocenters. The summed E-state index contributed by atoms with van der Waals surface area (Å²) in [6.45, 7) is 3.76. The van der Waals surface area contributed by atoms with Crippen LogP contribution in [0.15, 0.2) is 23.2 Å². The molecule has 0 radical (unpaired) electrons. The minimum Gasteiger partial charge on any atom is -0.356 e. The molecule has 1 rings (SSSR count). The van der Waals surface area contributed by atoms with Gasteiger partial charge < -0.3 is 4.90 Å². The van der Waals surface area contributed by atoms with Crippen LogP contribution in [0.3, 0.4) is 0 Å². The number of hydrogen-bond acceptors (Lipinski definition) is 2. The molecule has 0 aliphatic carbocycles. The maximum absolute atomic E-state index is 13.8. The first-order valence-electron chi connectivity index (χ1n) is 5.64.